The molecule has 1 N–H and O–H groups in total. The Morgan fingerprint density at radius 2 is 1.87 bits per heavy atom. The summed E-state index contributed by atoms with van der Waals surface area (Å²) < 4.78 is 44.9. The maximum absolute atomic E-state index is 13.2. The predicted octanol–water partition coefficient (Wildman–Crippen LogP) is 2.87. The Labute approximate surface area is 128 Å². The third-order valence-corrected chi connectivity index (χ3v) is 3.25. The molecule has 1 aromatic carbocycles. The molecule has 2 aromatic rings. The Balaban J connectivity index is 2.85. The number of rotatable bonds is 3. The number of carbonyl (C=O) groups is 1. The van der Waals surface area contributed by atoms with Crippen LogP contribution in [-0.4, -0.2) is 22.8 Å². The van der Waals surface area contributed by atoms with Gasteiger partial charge in [-0.15, -0.1) is 0 Å². The van der Waals surface area contributed by atoms with Crippen molar-refractivity contribution in [2.24, 2.45) is 0 Å². The average Bonchev–Trinajstić information content (AvgIpc) is 2.45. The molecule has 0 aliphatic carbocycles. The van der Waals surface area contributed by atoms with E-state index >= 15 is 0 Å². The van der Waals surface area contributed by atoms with Crippen LogP contribution in [0, 0.1) is 6.92 Å². The highest BCUT2D eigenvalue weighted by molar-refractivity contribution is 5.87. The van der Waals surface area contributed by atoms with E-state index in [2.05, 4.69) is 0 Å². The van der Waals surface area contributed by atoms with Gasteiger partial charge in [0, 0.05) is 0 Å². The van der Waals surface area contributed by atoms with E-state index in [1.807, 2.05) is 0 Å². The molecule has 23 heavy (non-hydrogen) atoms. The van der Waals surface area contributed by atoms with Crippen LogP contribution in [0.4, 0.5) is 13.2 Å². The standard InChI is InChI=1S/C15H12F3NO4/c1-8-7-9(23-2)3-5-11(8)19-12(15(16,17)18)6-4-10(13(19)20)14(21)22/h3-7H,1-2H3,(H,21,22). The molecule has 0 aliphatic rings. The molecule has 0 aliphatic heterocycles. The van der Waals surface area contributed by atoms with E-state index in [9.17, 15) is 22.8 Å². The molecule has 0 spiro atoms. The minimum Gasteiger partial charge on any atom is -0.497 e. The first-order valence-corrected chi connectivity index (χ1v) is 6.38. The van der Waals surface area contributed by atoms with Gasteiger partial charge in [0.05, 0.1) is 12.8 Å². The summed E-state index contributed by atoms with van der Waals surface area (Å²) >= 11 is 0. The second-order valence-electron chi connectivity index (χ2n) is 4.73. The number of halogens is 3. The van der Waals surface area contributed by atoms with Crippen molar-refractivity contribution in [1.29, 1.82) is 0 Å². The smallest absolute Gasteiger partial charge is 0.431 e. The van der Waals surface area contributed by atoms with E-state index in [0.717, 1.165) is 0 Å². The second-order valence-corrected chi connectivity index (χ2v) is 4.73. The SMILES string of the molecule is COc1ccc(-n2c(C(F)(F)F)ccc(C(=O)O)c2=O)c(C)c1. The Hall–Kier alpha value is -2.77. The fourth-order valence-electron chi connectivity index (χ4n) is 2.17. The van der Waals surface area contributed by atoms with Gasteiger partial charge in [-0.3, -0.25) is 9.36 Å². The number of pyridine rings is 1. The number of hydrogen-bond donors (Lipinski definition) is 1. The van der Waals surface area contributed by atoms with Crippen molar-refractivity contribution < 1.29 is 27.8 Å². The number of nitrogens with zero attached hydrogens (tertiary/aromatic N) is 1. The zero-order valence-electron chi connectivity index (χ0n) is 12.1. The molecule has 8 heteroatoms. The highest BCUT2D eigenvalue weighted by atomic mass is 19.4. The van der Waals surface area contributed by atoms with Crippen molar-refractivity contribution >= 4 is 5.97 Å². The van der Waals surface area contributed by atoms with Gasteiger partial charge in [-0.2, -0.15) is 13.2 Å². The molecule has 0 bridgehead atoms. The Morgan fingerprint density at radius 3 is 2.35 bits per heavy atom. The molecular weight excluding hydrogens is 315 g/mol. The minimum absolute atomic E-state index is 0.0637. The van der Waals surface area contributed by atoms with Crippen LogP contribution >= 0.6 is 0 Å². The molecule has 0 fully saturated rings. The van der Waals surface area contributed by atoms with Crippen molar-refractivity contribution in [3.05, 3.63) is 57.5 Å². The van der Waals surface area contributed by atoms with E-state index in [1.165, 1.54) is 32.2 Å². The van der Waals surface area contributed by atoms with Crippen molar-refractivity contribution in [1.82, 2.24) is 4.57 Å². The number of benzene rings is 1. The Morgan fingerprint density at radius 1 is 1.22 bits per heavy atom. The fraction of sp³-hybridized carbons (Fsp3) is 0.200. The van der Waals surface area contributed by atoms with E-state index < -0.39 is 29.0 Å². The third kappa shape index (κ3) is 3.05. The number of hydrogen-bond acceptors (Lipinski definition) is 3. The maximum Gasteiger partial charge on any atom is 0.431 e. The predicted molar refractivity (Wildman–Crippen MR) is 75.3 cm³/mol. The lowest BCUT2D eigenvalue weighted by Gasteiger charge is -2.18. The van der Waals surface area contributed by atoms with Gasteiger partial charge in [-0.05, 0) is 42.8 Å². The molecule has 0 saturated heterocycles. The van der Waals surface area contributed by atoms with Crippen LogP contribution in [0.25, 0.3) is 5.69 Å². The van der Waals surface area contributed by atoms with Gasteiger partial charge >= 0.3 is 12.1 Å². The Kier molecular flexibility index (Phi) is 4.18. The van der Waals surface area contributed by atoms with Gasteiger partial charge in [0.15, 0.2) is 0 Å². The molecule has 0 unspecified atom stereocenters. The van der Waals surface area contributed by atoms with Gasteiger partial charge < -0.3 is 9.84 Å². The summed E-state index contributed by atoms with van der Waals surface area (Å²) in [4.78, 5) is 23.3. The topological polar surface area (TPSA) is 68.5 Å². The van der Waals surface area contributed by atoms with E-state index in [4.69, 9.17) is 9.84 Å². The molecular formula is C15H12F3NO4. The molecule has 0 atom stereocenters. The number of aromatic nitrogens is 1. The molecule has 5 nitrogen and oxygen atoms in total. The highest BCUT2D eigenvalue weighted by Gasteiger charge is 2.36. The van der Waals surface area contributed by atoms with Crippen LogP contribution in [0.5, 0.6) is 5.75 Å². The minimum atomic E-state index is -4.82. The molecule has 2 rings (SSSR count). The van der Waals surface area contributed by atoms with Gasteiger partial charge in [0.25, 0.3) is 5.56 Å². The molecule has 1 heterocycles. The monoisotopic (exact) mass is 327 g/mol. The van der Waals surface area contributed by atoms with Crippen LogP contribution in [-0.2, 0) is 6.18 Å². The van der Waals surface area contributed by atoms with Crippen LogP contribution in [0.15, 0.2) is 35.1 Å². The van der Waals surface area contributed by atoms with Crippen molar-refractivity contribution in [2.45, 2.75) is 13.1 Å². The summed E-state index contributed by atoms with van der Waals surface area (Å²) in [6.07, 6.45) is -4.82. The largest absolute Gasteiger partial charge is 0.497 e. The molecule has 122 valence electrons. The molecule has 0 amide bonds. The lowest BCUT2D eigenvalue weighted by molar-refractivity contribution is -0.142. The highest BCUT2D eigenvalue weighted by Crippen LogP contribution is 2.31. The molecule has 0 radical (unpaired) electrons. The summed E-state index contributed by atoms with van der Waals surface area (Å²) in [7, 11) is 1.40. The quantitative estimate of drug-likeness (QED) is 0.941. The molecule has 1 aromatic heterocycles. The summed E-state index contributed by atoms with van der Waals surface area (Å²) in [5.41, 5.74) is -2.97. The van der Waals surface area contributed by atoms with Crippen molar-refractivity contribution in [3.8, 4) is 11.4 Å². The average molecular weight is 327 g/mol. The second kappa shape index (κ2) is 5.79. The number of aryl methyl sites for hydroxylation is 1. The first kappa shape index (κ1) is 16.6. The van der Waals surface area contributed by atoms with Crippen molar-refractivity contribution in [2.75, 3.05) is 7.11 Å². The maximum atomic E-state index is 13.2. The summed E-state index contributed by atoms with van der Waals surface area (Å²) in [5.74, 6) is -1.19. The lowest BCUT2D eigenvalue weighted by atomic mass is 10.1. The first-order valence-electron chi connectivity index (χ1n) is 6.38. The van der Waals surface area contributed by atoms with Crippen LogP contribution in [0.1, 0.15) is 21.6 Å². The first-order chi connectivity index (χ1) is 10.7. The third-order valence-electron chi connectivity index (χ3n) is 3.25. The zero-order valence-corrected chi connectivity index (χ0v) is 12.1. The Bertz CT molecular complexity index is 824. The van der Waals surface area contributed by atoms with E-state index in [1.54, 1.807) is 0 Å². The summed E-state index contributed by atoms with van der Waals surface area (Å²) in [6.45, 7) is 1.50. The van der Waals surface area contributed by atoms with Gasteiger partial charge in [0.2, 0.25) is 0 Å². The normalized spacial score (nSPS) is 11.3. The van der Waals surface area contributed by atoms with Crippen LogP contribution < -0.4 is 10.3 Å². The number of carboxylic acid groups (broad SMARTS) is 1. The van der Waals surface area contributed by atoms with Gasteiger partial charge in [-0.1, -0.05) is 0 Å². The lowest BCUT2D eigenvalue weighted by Crippen LogP contribution is -2.31. The number of aromatic carboxylic acids is 1. The molecule has 0 saturated carbocycles. The van der Waals surface area contributed by atoms with Crippen LogP contribution in [0.3, 0.4) is 0 Å². The number of carboxylic acids is 1. The number of methoxy groups -OCH3 is 1. The van der Waals surface area contributed by atoms with E-state index in [-0.39, 0.29) is 5.69 Å². The van der Waals surface area contributed by atoms with Gasteiger partial charge in [-0.25, -0.2) is 4.79 Å². The fourth-order valence-corrected chi connectivity index (χ4v) is 2.17. The number of ether oxygens (including phenoxy) is 1. The zero-order chi connectivity index (χ0) is 17.4. The summed E-state index contributed by atoms with van der Waals surface area (Å²) in [5, 5.41) is 8.97. The number of alkyl halides is 3. The van der Waals surface area contributed by atoms with Crippen LogP contribution in [0.2, 0.25) is 0 Å². The van der Waals surface area contributed by atoms with Gasteiger partial charge in [0.1, 0.15) is 17.0 Å². The van der Waals surface area contributed by atoms with Crippen molar-refractivity contribution in [3.63, 3.8) is 0 Å². The summed E-state index contributed by atoms with van der Waals surface area (Å²) in [6, 6.07) is 5.35. The van der Waals surface area contributed by atoms with E-state index in [0.29, 0.717) is 28.0 Å².